The number of rotatable bonds is 8. The molecule has 1 aromatic carbocycles. The first-order chi connectivity index (χ1) is 8.72. The Morgan fingerprint density at radius 1 is 1.33 bits per heavy atom. The van der Waals surface area contributed by atoms with E-state index in [4.69, 9.17) is 19.9 Å². The maximum absolute atomic E-state index is 11.3. The van der Waals surface area contributed by atoms with Crippen LogP contribution in [0.25, 0.3) is 0 Å². The number of ether oxygens (including phenoxy) is 3. The summed E-state index contributed by atoms with van der Waals surface area (Å²) in [7, 11) is 0. The van der Waals surface area contributed by atoms with Gasteiger partial charge in [0.2, 0.25) is 0 Å². The minimum Gasteiger partial charge on any atom is -0.482 e. The van der Waals surface area contributed by atoms with Gasteiger partial charge in [0.05, 0.1) is 6.61 Å². The van der Waals surface area contributed by atoms with Gasteiger partial charge in [-0.15, -0.1) is 0 Å². The number of carbonyl (C=O) groups excluding carboxylic acids is 1. The van der Waals surface area contributed by atoms with E-state index in [1.165, 1.54) is 0 Å². The average molecular weight is 253 g/mol. The molecule has 0 aliphatic rings. The van der Waals surface area contributed by atoms with E-state index < -0.39 is 5.97 Å². The van der Waals surface area contributed by atoms with Crippen molar-refractivity contribution in [1.82, 2.24) is 0 Å². The summed E-state index contributed by atoms with van der Waals surface area (Å²) in [6.07, 6.45) is 0.692. The molecule has 5 nitrogen and oxygen atoms in total. The summed E-state index contributed by atoms with van der Waals surface area (Å²) >= 11 is 0. The Morgan fingerprint density at radius 2 is 2.17 bits per heavy atom. The van der Waals surface area contributed by atoms with Gasteiger partial charge in [-0.05, 0) is 19.1 Å². The first-order valence-corrected chi connectivity index (χ1v) is 5.94. The molecular weight excluding hydrogens is 234 g/mol. The van der Waals surface area contributed by atoms with Crippen LogP contribution in [-0.4, -0.2) is 32.4 Å². The molecule has 0 bridgehead atoms. The van der Waals surface area contributed by atoms with E-state index in [0.717, 1.165) is 0 Å². The zero-order valence-corrected chi connectivity index (χ0v) is 10.6. The molecule has 0 saturated heterocycles. The number of nitrogen functional groups attached to an aromatic ring is 1. The van der Waals surface area contributed by atoms with Crippen molar-refractivity contribution in [1.29, 1.82) is 0 Å². The number of hydrogen-bond acceptors (Lipinski definition) is 5. The third-order valence-electron chi connectivity index (χ3n) is 2.11. The Morgan fingerprint density at radius 3 is 2.89 bits per heavy atom. The summed E-state index contributed by atoms with van der Waals surface area (Å²) in [5.41, 5.74) is 6.18. The molecule has 100 valence electrons. The fourth-order valence-electron chi connectivity index (χ4n) is 1.28. The van der Waals surface area contributed by atoms with Crippen LogP contribution in [0.15, 0.2) is 24.3 Å². The predicted octanol–water partition coefficient (Wildman–Crippen LogP) is 1.62. The molecule has 0 atom stereocenters. The van der Waals surface area contributed by atoms with E-state index in [0.29, 0.717) is 37.7 Å². The van der Waals surface area contributed by atoms with Gasteiger partial charge in [0, 0.05) is 31.4 Å². The lowest BCUT2D eigenvalue weighted by atomic mass is 10.3. The second-order valence-corrected chi connectivity index (χ2v) is 3.63. The van der Waals surface area contributed by atoms with Crippen LogP contribution in [0.1, 0.15) is 13.3 Å². The van der Waals surface area contributed by atoms with Crippen LogP contribution < -0.4 is 10.5 Å². The molecule has 0 aromatic heterocycles. The quantitative estimate of drug-likeness (QED) is 0.433. The van der Waals surface area contributed by atoms with Crippen LogP contribution >= 0.6 is 0 Å². The van der Waals surface area contributed by atoms with Gasteiger partial charge in [-0.2, -0.15) is 0 Å². The van der Waals surface area contributed by atoms with Gasteiger partial charge in [0.1, 0.15) is 5.75 Å². The summed E-state index contributed by atoms with van der Waals surface area (Å²) in [5, 5.41) is 0. The zero-order chi connectivity index (χ0) is 13.2. The molecule has 0 fully saturated rings. The molecule has 0 aliphatic heterocycles. The Balaban J connectivity index is 2.13. The highest BCUT2D eigenvalue weighted by molar-refractivity contribution is 5.71. The summed E-state index contributed by atoms with van der Waals surface area (Å²) in [5.74, 6) is 0.162. The van der Waals surface area contributed by atoms with Crippen molar-refractivity contribution in [3.63, 3.8) is 0 Å². The van der Waals surface area contributed by atoms with Gasteiger partial charge in [0.15, 0.2) is 6.61 Å². The number of esters is 1. The maximum Gasteiger partial charge on any atom is 0.344 e. The van der Waals surface area contributed by atoms with Crippen molar-refractivity contribution in [3.05, 3.63) is 24.3 Å². The summed E-state index contributed by atoms with van der Waals surface area (Å²) in [6.45, 7) is 3.43. The maximum atomic E-state index is 11.3. The lowest BCUT2D eigenvalue weighted by Gasteiger charge is -2.07. The fraction of sp³-hybridized carbons (Fsp3) is 0.462. The monoisotopic (exact) mass is 253 g/mol. The Hall–Kier alpha value is -1.75. The number of carbonyl (C=O) groups is 1. The molecule has 0 saturated carbocycles. The second-order valence-electron chi connectivity index (χ2n) is 3.63. The molecule has 5 heteroatoms. The zero-order valence-electron chi connectivity index (χ0n) is 10.6. The predicted molar refractivity (Wildman–Crippen MR) is 68.4 cm³/mol. The first kappa shape index (κ1) is 14.3. The Bertz CT molecular complexity index is 368. The largest absolute Gasteiger partial charge is 0.482 e. The van der Waals surface area contributed by atoms with E-state index >= 15 is 0 Å². The molecule has 0 unspecified atom stereocenters. The summed E-state index contributed by atoms with van der Waals surface area (Å²) in [6, 6.07) is 6.90. The van der Waals surface area contributed by atoms with Crippen LogP contribution in [0.3, 0.4) is 0 Å². The molecule has 18 heavy (non-hydrogen) atoms. The normalized spacial score (nSPS) is 10.1. The van der Waals surface area contributed by atoms with Crippen molar-refractivity contribution in [2.75, 3.05) is 32.2 Å². The van der Waals surface area contributed by atoms with Crippen LogP contribution in [0.5, 0.6) is 5.75 Å². The average Bonchev–Trinajstić information content (AvgIpc) is 2.36. The molecule has 0 spiro atoms. The molecule has 0 radical (unpaired) electrons. The van der Waals surface area contributed by atoms with Gasteiger partial charge < -0.3 is 19.9 Å². The summed E-state index contributed by atoms with van der Waals surface area (Å²) in [4.78, 5) is 11.3. The van der Waals surface area contributed by atoms with Crippen molar-refractivity contribution < 1.29 is 19.0 Å². The van der Waals surface area contributed by atoms with Crippen molar-refractivity contribution >= 4 is 11.7 Å². The smallest absolute Gasteiger partial charge is 0.344 e. The molecule has 2 N–H and O–H groups in total. The van der Waals surface area contributed by atoms with E-state index in [1.54, 1.807) is 24.3 Å². The highest BCUT2D eigenvalue weighted by Gasteiger charge is 2.04. The molecule has 0 aliphatic carbocycles. The molecule has 1 rings (SSSR count). The topological polar surface area (TPSA) is 70.8 Å². The third kappa shape index (κ3) is 6.10. The van der Waals surface area contributed by atoms with Gasteiger partial charge in [-0.3, -0.25) is 0 Å². The van der Waals surface area contributed by atoms with E-state index in [-0.39, 0.29) is 6.61 Å². The van der Waals surface area contributed by atoms with Crippen molar-refractivity contribution in [2.24, 2.45) is 0 Å². The number of anilines is 1. The Labute approximate surface area is 107 Å². The molecule has 0 heterocycles. The highest BCUT2D eigenvalue weighted by Crippen LogP contribution is 2.14. The van der Waals surface area contributed by atoms with Crippen molar-refractivity contribution in [3.8, 4) is 5.75 Å². The lowest BCUT2D eigenvalue weighted by molar-refractivity contribution is -0.146. The van der Waals surface area contributed by atoms with Gasteiger partial charge in [0.25, 0.3) is 0 Å². The SMILES string of the molecule is CCOCCCOC(=O)COc1cccc(N)c1. The first-order valence-electron chi connectivity index (χ1n) is 5.94. The summed E-state index contributed by atoms with van der Waals surface area (Å²) < 4.78 is 15.3. The third-order valence-corrected chi connectivity index (χ3v) is 2.11. The van der Waals surface area contributed by atoms with Crippen molar-refractivity contribution in [2.45, 2.75) is 13.3 Å². The second kappa shape index (κ2) is 8.36. The van der Waals surface area contributed by atoms with Crippen LogP contribution in [0.4, 0.5) is 5.69 Å². The molecule has 0 amide bonds. The van der Waals surface area contributed by atoms with Crippen LogP contribution in [0, 0.1) is 0 Å². The Kier molecular flexibility index (Phi) is 6.64. The van der Waals surface area contributed by atoms with Gasteiger partial charge in [-0.1, -0.05) is 6.07 Å². The molecule has 1 aromatic rings. The van der Waals surface area contributed by atoms with Gasteiger partial charge >= 0.3 is 5.97 Å². The fourth-order valence-corrected chi connectivity index (χ4v) is 1.28. The van der Waals surface area contributed by atoms with E-state index in [1.807, 2.05) is 6.92 Å². The minimum absolute atomic E-state index is 0.113. The van der Waals surface area contributed by atoms with E-state index in [2.05, 4.69) is 0 Å². The number of nitrogens with two attached hydrogens (primary N) is 1. The molecular formula is C13H19NO4. The number of hydrogen-bond donors (Lipinski definition) is 1. The number of benzene rings is 1. The van der Waals surface area contributed by atoms with Crippen LogP contribution in [0.2, 0.25) is 0 Å². The minimum atomic E-state index is -0.395. The lowest BCUT2D eigenvalue weighted by Crippen LogP contribution is -2.16. The van der Waals surface area contributed by atoms with Crippen LogP contribution in [-0.2, 0) is 14.3 Å². The van der Waals surface area contributed by atoms with Gasteiger partial charge in [-0.25, -0.2) is 4.79 Å². The van der Waals surface area contributed by atoms with E-state index in [9.17, 15) is 4.79 Å². The standard InChI is InChI=1S/C13H19NO4/c1-2-16-7-4-8-17-13(15)10-18-12-6-3-5-11(14)9-12/h3,5-6,9H,2,4,7-8,10,14H2,1H3. The highest BCUT2D eigenvalue weighted by atomic mass is 16.6.